The summed E-state index contributed by atoms with van der Waals surface area (Å²) >= 11 is 0. The van der Waals surface area contributed by atoms with Crippen LogP contribution < -0.4 is 11.1 Å². The minimum absolute atomic E-state index is 0.0298. The first kappa shape index (κ1) is 16.7. The van der Waals surface area contributed by atoms with Gasteiger partial charge in [0.1, 0.15) is 0 Å². The number of rotatable bonds is 7. The highest BCUT2D eigenvalue weighted by Gasteiger charge is 2.29. The van der Waals surface area contributed by atoms with E-state index >= 15 is 0 Å². The summed E-state index contributed by atoms with van der Waals surface area (Å²) in [7, 11) is 4.08. The number of hydrogen-bond donors (Lipinski definition) is 2. The van der Waals surface area contributed by atoms with Crippen molar-refractivity contribution in [1.29, 1.82) is 0 Å². The average Bonchev–Trinajstić information content (AvgIpc) is 2.44. The number of benzene rings is 1. The van der Waals surface area contributed by atoms with Crippen LogP contribution in [0.5, 0.6) is 0 Å². The molecule has 0 bridgehead atoms. The molecule has 0 saturated carbocycles. The highest BCUT2D eigenvalue weighted by molar-refractivity contribution is 5.82. The standard InChI is InChI=1S/C16H27N3O/c1-5-16(2,12-17)15(20)18-10-13-8-6-7-9-14(13)11-19(3)4/h6-9H,5,10-12,17H2,1-4H3,(H,18,20). The van der Waals surface area contributed by atoms with E-state index in [2.05, 4.69) is 22.3 Å². The minimum Gasteiger partial charge on any atom is -0.352 e. The molecular formula is C16H27N3O. The molecule has 0 saturated heterocycles. The Hall–Kier alpha value is -1.39. The third kappa shape index (κ3) is 4.32. The van der Waals surface area contributed by atoms with Crippen molar-refractivity contribution in [3.05, 3.63) is 35.4 Å². The van der Waals surface area contributed by atoms with Gasteiger partial charge in [-0.1, -0.05) is 31.2 Å². The molecule has 0 radical (unpaired) electrons. The fraction of sp³-hybridized carbons (Fsp3) is 0.562. The van der Waals surface area contributed by atoms with Crippen LogP contribution in [0.2, 0.25) is 0 Å². The molecule has 0 heterocycles. The van der Waals surface area contributed by atoms with E-state index in [1.165, 1.54) is 5.56 Å². The molecule has 112 valence electrons. The minimum atomic E-state index is -0.476. The molecule has 1 amide bonds. The Kier molecular flexibility index (Phi) is 6.17. The van der Waals surface area contributed by atoms with Crippen LogP contribution in [-0.2, 0) is 17.9 Å². The van der Waals surface area contributed by atoms with Gasteiger partial charge in [0.05, 0.1) is 5.41 Å². The van der Waals surface area contributed by atoms with Gasteiger partial charge < -0.3 is 16.0 Å². The second kappa shape index (κ2) is 7.41. The molecule has 0 aromatic heterocycles. The zero-order valence-corrected chi connectivity index (χ0v) is 13.1. The molecule has 0 spiro atoms. The smallest absolute Gasteiger partial charge is 0.227 e. The molecule has 0 aliphatic carbocycles. The van der Waals surface area contributed by atoms with Gasteiger partial charge in [-0.25, -0.2) is 0 Å². The van der Waals surface area contributed by atoms with Gasteiger partial charge in [0, 0.05) is 19.6 Å². The maximum Gasteiger partial charge on any atom is 0.227 e. The first-order valence-corrected chi connectivity index (χ1v) is 7.13. The molecule has 1 aromatic rings. The third-order valence-corrected chi connectivity index (χ3v) is 3.82. The summed E-state index contributed by atoms with van der Waals surface area (Å²) < 4.78 is 0. The van der Waals surface area contributed by atoms with E-state index in [9.17, 15) is 4.79 Å². The molecule has 0 aliphatic rings. The summed E-state index contributed by atoms with van der Waals surface area (Å²) in [6.45, 7) is 5.70. The molecule has 1 atom stereocenters. The third-order valence-electron chi connectivity index (χ3n) is 3.82. The second-order valence-corrected chi connectivity index (χ2v) is 5.81. The summed E-state index contributed by atoms with van der Waals surface area (Å²) in [5.74, 6) is 0.0298. The number of nitrogens with one attached hydrogen (secondary N) is 1. The Morgan fingerprint density at radius 2 is 1.90 bits per heavy atom. The Morgan fingerprint density at radius 1 is 1.30 bits per heavy atom. The lowest BCUT2D eigenvalue weighted by Crippen LogP contribution is -2.43. The number of carbonyl (C=O) groups excluding carboxylic acids is 1. The maximum atomic E-state index is 12.2. The van der Waals surface area contributed by atoms with E-state index in [1.807, 2.05) is 40.1 Å². The summed E-state index contributed by atoms with van der Waals surface area (Å²) in [5.41, 5.74) is 7.64. The fourth-order valence-corrected chi connectivity index (χ4v) is 2.01. The van der Waals surface area contributed by atoms with Crippen molar-refractivity contribution in [2.75, 3.05) is 20.6 Å². The van der Waals surface area contributed by atoms with Gasteiger partial charge >= 0.3 is 0 Å². The largest absolute Gasteiger partial charge is 0.352 e. The van der Waals surface area contributed by atoms with Crippen molar-refractivity contribution in [2.45, 2.75) is 33.4 Å². The molecule has 4 nitrogen and oxygen atoms in total. The lowest BCUT2D eigenvalue weighted by molar-refractivity contribution is -0.130. The van der Waals surface area contributed by atoms with E-state index in [0.29, 0.717) is 13.1 Å². The van der Waals surface area contributed by atoms with Crippen LogP contribution in [0.15, 0.2) is 24.3 Å². The second-order valence-electron chi connectivity index (χ2n) is 5.81. The predicted molar refractivity (Wildman–Crippen MR) is 83.1 cm³/mol. The normalized spacial score (nSPS) is 14.1. The molecule has 20 heavy (non-hydrogen) atoms. The van der Waals surface area contributed by atoms with Crippen molar-refractivity contribution < 1.29 is 4.79 Å². The highest BCUT2D eigenvalue weighted by atomic mass is 16.2. The molecular weight excluding hydrogens is 250 g/mol. The van der Waals surface area contributed by atoms with Gasteiger partial charge in [0.15, 0.2) is 0 Å². The van der Waals surface area contributed by atoms with Crippen LogP contribution in [-0.4, -0.2) is 31.4 Å². The van der Waals surface area contributed by atoms with Gasteiger partial charge in [-0.05, 0) is 38.6 Å². The Balaban J connectivity index is 2.73. The molecule has 3 N–H and O–H groups in total. The van der Waals surface area contributed by atoms with Crippen LogP contribution >= 0.6 is 0 Å². The number of amides is 1. The molecule has 1 unspecified atom stereocenters. The van der Waals surface area contributed by atoms with Gasteiger partial charge in [-0.15, -0.1) is 0 Å². The molecule has 0 fully saturated rings. The van der Waals surface area contributed by atoms with Crippen LogP contribution in [0, 0.1) is 5.41 Å². The first-order chi connectivity index (χ1) is 9.42. The first-order valence-electron chi connectivity index (χ1n) is 7.13. The number of nitrogens with zero attached hydrogens (tertiary/aromatic N) is 1. The van der Waals surface area contributed by atoms with Gasteiger partial charge in [-0.3, -0.25) is 4.79 Å². The Morgan fingerprint density at radius 3 is 2.40 bits per heavy atom. The summed E-state index contributed by atoms with van der Waals surface area (Å²) in [5, 5.41) is 3.02. The lowest BCUT2D eigenvalue weighted by Gasteiger charge is -2.25. The average molecular weight is 277 g/mol. The van der Waals surface area contributed by atoms with Crippen LogP contribution in [0.25, 0.3) is 0 Å². The maximum absolute atomic E-state index is 12.2. The number of carbonyl (C=O) groups is 1. The topological polar surface area (TPSA) is 58.4 Å². The molecule has 0 aliphatic heterocycles. The molecule has 4 heteroatoms. The van der Waals surface area contributed by atoms with Crippen molar-refractivity contribution in [1.82, 2.24) is 10.2 Å². The van der Waals surface area contributed by atoms with Gasteiger partial charge in [-0.2, -0.15) is 0 Å². The van der Waals surface area contributed by atoms with E-state index in [1.54, 1.807) is 0 Å². The van der Waals surface area contributed by atoms with Crippen molar-refractivity contribution in [3.63, 3.8) is 0 Å². The zero-order valence-electron chi connectivity index (χ0n) is 13.1. The van der Waals surface area contributed by atoms with E-state index in [0.717, 1.165) is 18.5 Å². The summed E-state index contributed by atoms with van der Waals surface area (Å²) in [6, 6.07) is 8.19. The quantitative estimate of drug-likeness (QED) is 0.798. The van der Waals surface area contributed by atoms with Crippen molar-refractivity contribution >= 4 is 5.91 Å². The molecule has 1 rings (SSSR count). The zero-order chi connectivity index (χ0) is 15.2. The van der Waals surface area contributed by atoms with Crippen LogP contribution in [0.3, 0.4) is 0 Å². The number of nitrogens with two attached hydrogens (primary N) is 1. The van der Waals surface area contributed by atoms with E-state index < -0.39 is 5.41 Å². The van der Waals surface area contributed by atoms with Crippen LogP contribution in [0.4, 0.5) is 0 Å². The Labute approximate surface area is 122 Å². The van der Waals surface area contributed by atoms with Gasteiger partial charge in [0.25, 0.3) is 0 Å². The van der Waals surface area contributed by atoms with Crippen LogP contribution in [0.1, 0.15) is 31.4 Å². The highest BCUT2D eigenvalue weighted by Crippen LogP contribution is 2.19. The number of hydrogen-bond acceptors (Lipinski definition) is 3. The van der Waals surface area contributed by atoms with E-state index in [4.69, 9.17) is 5.73 Å². The predicted octanol–water partition coefficient (Wildman–Crippen LogP) is 1.74. The molecule has 1 aromatic carbocycles. The van der Waals surface area contributed by atoms with Crippen molar-refractivity contribution in [2.24, 2.45) is 11.1 Å². The monoisotopic (exact) mass is 277 g/mol. The van der Waals surface area contributed by atoms with E-state index in [-0.39, 0.29) is 5.91 Å². The fourth-order valence-electron chi connectivity index (χ4n) is 2.01. The Bertz CT molecular complexity index is 439. The lowest BCUT2D eigenvalue weighted by atomic mass is 9.86. The summed E-state index contributed by atoms with van der Waals surface area (Å²) in [4.78, 5) is 14.4. The SMILES string of the molecule is CCC(C)(CN)C(=O)NCc1ccccc1CN(C)C. The van der Waals surface area contributed by atoms with Gasteiger partial charge in [0.2, 0.25) is 5.91 Å². The van der Waals surface area contributed by atoms with Crippen molar-refractivity contribution in [3.8, 4) is 0 Å². The summed E-state index contributed by atoms with van der Waals surface area (Å²) in [6.07, 6.45) is 0.745.